The summed E-state index contributed by atoms with van der Waals surface area (Å²) in [5.74, 6) is -0.287. The average molecular weight is 424 g/mol. The zero-order chi connectivity index (χ0) is 21.8. The third-order valence-corrected chi connectivity index (χ3v) is 5.41. The van der Waals surface area contributed by atoms with Crippen LogP contribution in [0.2, 0.25) is 0 Å². The van der Waals surface area contributed by atoms with Gasteiger partial charge in [-0.2, -0.15) is 4.68 Å². The molecule has 1 saturated heterocycles. The standard InChI is InChI=1S/C23H22F2N4O2/c24-18-6-4-16(5-7-18)15-26-23(31)17-10-12-28(13-11-17)21-8-9-22(30)29(27-21)20-3-1-2-19(25)14-20/h1-9,14,17H,10-13,15H2,(H,26,31). The molecule has 1 aliphatic heterocycles. The zero-order valence-corrected chi connectivity index (χ0v) is 16.8. The maximum Gasteiger partial charge on any atom is 0.271 e. The minimum absolute atomic E-state index is 0.0262. The first-order valence-electron chi connectivity index (χ1n) is 10.1. The van der Waals surface area contributed by atoms with Gasteiger partial charge >= 0.3 is 0 Å². The highest BCUT2D eigenvalue weighted by atomic mass is 19.1. The van der Waals surface area contributed by atoms with Crippen LogP contribution in [-0.4, -0.2) is 28.8 Å². The predicted molar refractivity (Wildman–Crippen MR) is 113 cm³/mol. The molecule has 0 spiro atoms. The molecule has 0 radical (unpaired) electrons. The number of rotatable bonds is 5. The number of hydrogen-bond acceptors (Lipinski definition) is 4. The Labute approximate surface area is 178 Å². The van der Waals surface area contributed by atoms with Gasteiger partial charge in [0, 0.05) is 31.6 Å². The molecule has 3 aromatic rings. The smallest absolute Gasteiger partial charge is 0.271 e. The van der Waals surface area contributed by atoms with E-state index in [1.54, 1.807) is 24.3 Å². The maximum atomic E-state index is 13.5. The lowest BCUT2D eigenvalue weighted by atomic mass is 9.96. The molecule has 1 fully saturated rings. The average Bonchev–Trinajstić information content (AvgIpc) is 2.79. The first-order chi connectivity index (χ1) is 15.0. The lowest BCUT2D eigenvalue weighted by Crippen LogP contribution is -2.41. The van der Waals surface area contributed by atoms with Gasteiger partial charge in [0.05, 0.1) is 5.69 Å². The van der Waals surface area contributed by atoms with Gasteiger partial charge in [0.25, 0.3) is 5.56 Å². The highest BCUT2D eigenvalue weighted by molar-refractivity contribution is 5.79. The van der Waals surface area contributed by atoms with E-state index in [4.69, 9.17) is 0 Å². The van der Waals surface area contributed by atoms with Gasteiger partial charge in [-0.15, -0.1) is 5.10 Å². The van der Waals surface area contributed by atoms with Crippen molar-refractivity contribution >= 4 is 11.7 Å². The molecule has 160 valence electrons. The number of nitrogens with zero attached hydrogens (tertiary/aromatic N) is 3. The maximum absolute atomic E-state index is 13.5. The largest absolute Gasteiger partial charge is 0.355 e. The molecule has 31 heavy (non-hydrogen) atoms. The van der Waals surface area contributed by atoms with Crippen LogP contribution in [0.5, 0.6) is 0 Å². The van der Waals surface area contributed by atoms with Crippen LogP contribution >= 0.6 is 0 Å². The number of hydrogen-bond donors (Lipinski definition) is 1. The summed E-state index contributed by atoms with van der Waals surface area (Å²) in [6.45, 7) is 1.59. The van der Waals surface area contributed by atoms with E-state index in [1.165, 1.54) is 41.1 Å². The minimum atomic E-state index is -0.441. The van der Waals surface area contributed by atoms with Crippen molar-refractivity contribution in [2.45, 2.75) is 19.4 Å². The van der Waals surface area contributed by atoms with Crippen LogP contribution in [-0.2, 0) is 11.3 Å². The van der Waals surface area contributed by atoms with Crippen molar-refractivity contribution < 1.29 is 13.6 Å². The number of anilines is 1. The van der Waals surface area contributed by atoms with Gasteiger partial charge in [-0.25, -0.2) is 8.78 Å². The van der Waals surface area contributed by atoms with Gasteiger partial charge in [-0.3, -0.25) is 9.59 Å². The minimum Gasteiger partial charge on any atom is -0.355 e. The highest BCUT2D eigenvalue weighted by Crippen LogP contribution is 2.22. The van der Waals surface area contributed by atoms with Crippen LogP contribution in [0.4, 0.5) is 14.6 Å². The number of benzene rings is 2. The second-order valence-corrected chi connectivity index (χ2v) is 7.53. The second-order valence-electron chi connectivity index (χ2n) is 7.53. The zero-order valence-electron chi connectivity index (χ0n) is 16.8. The second kappa shape index (κ2) is 9.07. The van der Waals surface area contributed by atoms with Crippen molar-refractivity contribution in [1.29, 1.82) is 0 Å². The van der Waals surface area contributed by atoms with Gasteiger partial charge < -0.3 is 10.2 Å². The van der Waals surface area contributed by atoms with Crippen molar-refractivity contribution in [1.82, 2.24) is 15.1 Å². The summed E-state index contributed by atoms with van der Waals surface area (Å²) in [4.78, 5) is 26.7. The lowest BCUT2D eigenvalue weighted by molar-refractivity contribution is -0.125. The summed E-state index contributed by atoms with van der Waals surface area (Å²) >= 11 is 0. The molecule has 0 unspecified atom stereocenters. The van der Waals surface area contributed by atoms with Gasteiger partial charge in [0.1, 0.15) is 17.5 Å². The first kappa shape index (κ1) is 20.7. The fourth-order valence-corrected chi connectivity index (χ4v) is 3.67. The Kier molecular flexibility index (Phi) is 6.06. The van der Waals surface area contributed by atoms with Gasteiger partial charge in [-0.05, 0) is 54.8 Å². The van der Waals surface area contributed by atoms with Crippen molar-refractivity contribution in [3.63, 3.8) is 0 Å². The third kappa shape index (κ3) is 4.96. The van der Waals surface area contributed by atoms with Crippen LogP contribution in [0.3, 0.4) is 0 Å². The van der Waals surface area contributed by atoms with E-state index in [-0.39, 0.29) is 23.2 Å². The molecule has 1 aliphatic rings. The van der Waals surface area contributed by atoms with E-state index in [1.807, 2.05) is 4.90 Å². The molecule has 6 nitrogen and oxygen atoms in total. The van der Waals surface area contributed by atoms with E-state index >= 15 is 0 Å². The van der Waals surface area contributed by atoms with Gasteiger partial charge in [0.15, 0.2) is 0 Å². The predicted octanol–water partition coefficient (Wildman–Crippen LogP) is 3.04. The molecule has 0 atom stereocenters. The number of carbonyl (C=O) groups is 1. The molecule has 0 bridgehead atoms. The van der Waals surface area contributed by atoms with Crippen LogP contribution in [0.1, 0.15) is 18.4 Å². The third-order valence-electron chi connectivity index (χ3n) is 5.41. The Bertz CT molecular complexity index is 1120. The molecule has 8 heteroatoms. The summed E-state index contributed by atoms with van der Waals surface area (Å²) in [5, 5.41) is 7.30. The SMILES string of the molecule is O=C(NCc1ccc(F)cc1)C1CCN(c2ccc(=O)n(-c3cccc(F)c3)n2)CC1. The lowest BCUT2D eigenvalue weighted by Gasteiger charge is -2.32. The Hall–Kier alpha value is -3.55. The van der Waals surface area contributed by atoms with Gasteiger partial charge in [-0.1, -0.05) is 18.2 Å². The van der Waals surface area contributed by atoms with Crippen molar-refractivity contribution in [2.24, 2.45) is 5.92 Å². The number of aromatic nitrogens is 2. The van der Waals surface area contributed by atoms with Crippen LogP contribution < -0.4 is 15.8 Å². The molecule has 0 aliphatic carbocycles. The molecule has 0 saturated carbocycles. The topological polar surface area (TPSA) is 67.2 Å². The van der Waals surface area contributed by atoms with E-state index in [0.29, 0.717) is 44.0 Å². The molecule has 1 amide bonds. The molecule has 1 N–H and O–H groups in total. The molecule has 2 heterocycles. The van der Waals surface area contributed by atoms with Crippen LogP contribution in [0.25, 0.3) is 5.69 Å². The number of amides is 1. The van der Waals surface area contributed by atoms with Gasteiger partial charge in [0.2, 0.25) is 5.91 Å². The number of carbonyl (C=O) groups excluding carboxylic acids is 1. The summed E-state index contributed by atoms with van der Waals surface area (Å²) in [5.41, 5.74) is 0.863. The molecule has 2 aromatic carbocycles. The number of halogens is 2. The monoisotopic (exact) mass is 424 g/mol. The van der Waals surface area contributed by atoms with Crippen molar-refractivity contribution in [3.05, 3.63) is 88.2 Å². The number of nitrogens with one attached hydrogen (secondary N) is 1. The number of piperidine rings is 1. The van der Waals surface area contributed by atoms with E-state index in [2.05, 4.69) is 10.4 Å². The van der Waals surface area contributed by atoms with E-state index in [0.717, 1.165) is 5.56 Å². The summed E-state index contributed by atoms with van der Waals surface area (Å²) < 4.78 is 27.7. The molecular formula is C23H22F2N4O2. The van der Waals surface area contributed by atoms with Crippen molar-refractivity contribution in [3.8, 4) is 5.69 Å². The van der Waals surface area contributed by atoms with Crippen molar-refractivity contribution in [2.75, 3.05) is 18.0 Å². The van der Waals surface area contributed by atoms with Crippen LogP contribution in [0, 0.1) is 17.6 Å². The van der Waals surface area contributed by atoms with E-state index in [9.17, 15) is 18.4 Å². The van der Waals surface area contributed by atoms with Crippen LogP contribution in [0.15, 0.2) is 65.5 Å². The van der Waals surface area contributed by atoms with E-state index < -0.39 is 5.82 Å². The quantitative estimate of drug-likeness (QED) is 0.684. The first-order valence-corrected chi connectivity index (χ1v) is 10.1. The summed E-state index contributed by atoms with van der Waals surface area (Å²) in [6, 6.07) is 14.8. The molecular weight excluding hydrogens is 402 g/mol. The Morgan fingerprint density at radius 3 is 2.45 bits per heavy atom. The molecule has 4 rings (SSSR count). The molecule has 1 aromatic heterocycles. The summed E-state index contributed by atoms with van der Waals surface area (Å²) in [6.07, 6.45) is 1.30. The fraction of sp³-hybridized carbons (Fsp3) is 0.261. The Balaban J connectivity index is 1.37. The Morgan fingerprint density at radius 2 is 1.74 bits per heavy atom. The fourth-order valence-electron chi connectivity index (χ4n) is 3.67. The Morgan fingerprint density at radius 1 is 1.00 bits per heavy atom. The normalized spacial score (nSPS) is 14.5. The highest BCUT2D eigenvalue weighted by Gasteiger charge is 2.25. The summed E-state index contributed by atoms with van der Waals surface area (Å²) in [7, 11) is 0.